The van der Waals surface area contributed by atoms with E-state index < -0.39 is 0 Å². The Morgan fingerprint density at radius 3 is 3.06 bits per heavy atom. The van der Waals surface area contributed by atoms with Gasteiger partial charge in [0, 0.05) is 11.0 Å². The van der Waals surface area contributed by atoms with Gasteiger partial charge in [-0.3, -0.25) is 4.99 Å². The molecule has 0 radical (unpaired) electrons. The molecule has 86 valence electrons. The molecular formula is C12H15NOS2. The number of aliphatic imine (C=N–C) groups is 1. The third kappa shape index (κ3) is 2.95. The van der Waals surface area contributed by atoms with Crippen LogP contribution in [0.3, 0.4) is 0 Å². The van der Waals surface area contributed by atoms with Crippen LogP contribution in [-0.2, 0) is 0 Å². The highest BCUT2D eigenvalue weighted by molar-refractivity contribution is 8.39. The highest BCUT2D eigenvalue weighted by Crippen LogP contribution is 2.35. The second-order valence-corrected chi connectivity index (χ2v) is 6.20. The number of hydrogen-bond donors (Lipinski definition) is 0. The molecule has 0 fully saturated rings. The fourth-order valence-corrected chi connectivity index (χ4v) is 3.75. The highest BCUT2D eigenvalue weighted by Gasteiger charge is 2.14. The molecule has 1 heterocycles. The first-order chi connectivity index (χ1) is 7.79. The van der Waals surface area contributed by atoms with Crippen molar-refractivity contribution in [2.75, 3.05) is 19.4 Å². The van der Waals surface area contributed by atoms with Crippen LogP contribution >= 0.6 is 23.5 Å². The van der Waals surface area contributed by atoms with Crippen LogP contribution in [0.15, 0.2) is 29.3 Å². The number of thioether (sulfide) groups is 2. The molecule has 1 aliphatic rings. The second-order valence-electron chi connectivity index (χ2n) is 3.53. The summed E-state index contributed by atoms with van der Waals surface area (Å²) >= 11 is 3.69. The van der Waals surface area contributed by atoms with Gasteiger partial charge in [0.2, 0.25) is 0 Å². The zero-order chi connectivity index (χ0) is 11.4. The summed E-state index contributed by atoms with van der Waals surface area (Å²) in [7, 11) is 1.70. The smallest absolute Gasteiger partial charge is 0.125 e. The van der Waals surface area contributed by atoms with E-state index in [0.717, 1.165) is 18.0 Å². The molecule has 16 heavy (non-hydrogen) atoms. The van der Waals surface area contributed by atoms with E-state index in [9.17, 15) is 0 Å². The Hall–Kier alpha value is -0.610. The Labute approximate surface area is 105 Å². The zero-order valence-electron chi connectivity index (χ0n) is 9.47. The summed E-state index contributed by atoms with van der Waals surface area (Å²) < 4.78 is 6.45. The van der Waals surface area contributed by atoms with Crippen molar-refractivity contribution in [3.63, 3.8) is 0 Å². The average molecular weight is 253 g/mol. The number of ether oxygens (including phenoxy) is 1. The molecule has 1 atom stereocenters. The minimum Gasteiger partial charge on any atom is -0.497 e. The predicted molar refractivity (Wildman–Crippen MR) is 73.8 cm³/mol. The highest BCUT2D eigenvalue weighted by atomic mass is 32.2. The molecule has 0 saturated carbocycles. The molecule has 2 nitrogen and oxygen atoms in total. The van der Waals surface area contributed by atoms with Gasteiger partial charge in [-0.1, -0.05) is 35.7 Å². The van der Waals surface area contributed by atoms with Crippen molar-refractivity contribution in [2.24, 2.45) is 4.99 Å². The SMILES string of the molecule is COc1cccc(C(C)SC2=NCCS2)c1. The van der Waals surface area contributed by atoms with Crippen molar-refractivity contribution in [1.82, 2.24) is 0 Å². The quantitative estimate of drug-likeness (QED) is 0.821. The molecule has 0 bridgehead atoms. The van der Waals surface area contributed by atoms with Crippen molar-refractivity contribution in [2.45, 2.75) is 12.2 Å². The number of rotatable bonds is 3. The van der Waals surface area contributed by atoms with Crippen molar-refractivity contribution in [3.8, 4) is 5.75 Å². The maximum absolute atomic E-state index is 5.23. The van der Waals surface area contributed by atoms with Crippen LogP contribution in [0.1, 0.15) is 17.7 Å². The molecular weight excluding hydrogens is 238 g/mol. The van der Waals surface area contributed by atoms with Gasteiger partial charge in [0.15, 0.2) is 0 Å². The van der Waals surface area contributed by atoms with Crippen LogP contribution in [0.2, 0.25) is 0 Å². The molecule has 0 aromatic heterocycles. The molecule has 1 aromatic carbocycles. The van der Waals surface area contributed by atoms with Gasteiger partial charge >= 0.3 is 0 Å². The summed E-state index contributed by atoms with van der Waals surface area (Å²) in [5.74, 6) is 2.05. The lowest BCUT2D eigenvalue weighted by Crippen LogP contribution is -1.93. The van der Waals surface area contributed by atoms with Gasteiger partial charge in [0.1, 0.15) is 10.1 Å². The molecule has 0 N–H and O–H groups in total. The molecule has 1 unspecified atom stereocenters. The van der Waals surface area contributed by atoms with E-state index in [1.54, 1.807) is 7.11 Å². The second kappa shape index (κ2) is 5.64. The Kier molecular flexibility index (Phi) is 4.18. The van der Waals surface area contributed by atoms with Crippen molar-refractivity contribution in [1.29, 1.82) is 0 Å². The van der Waals surface area contributed by atoms with E-state index in [2.05, 4.69) is 24.0 Å². The minimum atomic E-state index is 0.430. The monoisotopic (exact) mass is 253 g/mol. The van der Waals surface area contributed by atoms with Crippen molar-refractivity contribution < 1.29 is 4.74 Å². The third-order valence-electron chi connectivity index (χ3n) is 2.40. The fourth-order valence-electron chi connectivity index (χ4n) is 1.50. The van der Waals surface area contributed by atoms with Gasteiger partial charge in [-0.15, -0.1) is 0 Å². The van der Waals surface area contributed by atoms with E-state index in [1.807, 2.05) is 35.7 Å². The van der Waals surface area contributed by atoms with E-state index >= 15 is 0 Å². The number of hydrogen-bond acceptors (Lipinski definition) is 4. The first-order valence-electron chi connectivity index (χ1n) is 5.27. The van der Waals surface area contributed by atoms with Crippen LogP contribution in [0.25, 0.3) is 0 Å². The van der Waals surface area contributed by atoms with E-state index in [1.165, 1.54) is 9.94 Å². The summed E-state index contributed by atoms with van der Waals surface area (Å²) in [6.45, 7) is 3.18. The standard InChI is InChI=1S/C12H15NOS2/c1-9(16-12-13-6-7-15-12)10-4-3-5-11(8-10)14-2/h3-5,8-9H,6-7H2,1-2H3. The van der Waals surface area contributed by atoms with Crippen LogP contribution in [0, 0.1) is 0 Å². The van der Waals surface area contributed by atoms with Gasteiger partial charge < -0.3 is 4.74 Å². The number of methoxy groups -OCH3 is 1. The van der Waals surface area contributed by atoms with Gasteiger partial charge in [-0.2, -0.15) is 0 Å². The van der Waals surface area contributed by atoms with Crippen LogP contribution < -0.4 is 4.74 Å². The molecule has 2 rings (SSSR count). The van der Waals surface area contributed by atoms with Gasteiger partial charge in [0.25, 0.3) is 0 Å². The van der Waals surface area contributed by atoms with E-state index in [4.69, 9.17) is 4.74 Å². The number of nitrogens with zero attached hydrogens (tertiary/aromatic N) is 1. The average Bonchev–Trinajstić information content (AvgIpc) is 2.82. The lowest BCUT2D eigenvalue weighted by Gasteiger charge is -2.11. The minimum absolute atomic E-state index is 0.430. The summed E-state index contributed by atoms with van der Waals surface area (Å²) in [5, 5.41) is 0.430. The zero-order valence-corrected chi connectivity index (χ0v) is 11.1. The Morgan fingerprint density at radius 2 is 2.38 bits per heavy atom. The lowest BCUT2D eigenvalue weighted by molar-refractivity contribution is 0.414. The first-order valence-corrected chi connectivity index (χ1v) is 7.14. The first kappa shape index (κ1) is 11.9. The maximum Gasteiger partial charge on any atom is 0.125 e. The third-order valence-corrected chi connectivity index (χ3v) is 4.76. The Morgan fingerprint density at radius 1 is 1.50 bits per heavy atom. The van der Waals surface area contributed by atoms with Crippen LogP contribution in [-0.4, -0.2) is 23.8 Å². The van der Waals surface area contributed by atoms with E-state index in [0.29, 0.717) is 5.25 Å². The normalized spacial score (nSPS) is 17.0. The van der Waals surface area contributed by atoms with Crippen LogP contribution in [0.4, 0.5) is 0 Å². The topological polar surface area (TPSA) is 21.6 Å². The molecule has 0 amide bonds. The summed E-state index contributed by atoms with van der Waals surface area (Å²) in [4.78, 5) is 4.46. The molecule has 4 heteroatoms. The summed E-state index contributed by atoms with van der Waals surface area (Å²) in [5.41, 5.74) is 1.29. The lowest BCUT2D eigenvalue weighted by atomic mass is 10.1. The Bertz CT molecular complexity index is 392. The molecule has 0 spiro atoms. The van der Waals surface area contributed by atoms with E-state index in [-0.39, 0.29) is 0 Å². The van der Waals surface area contributed by atoms with Gasteiger partial charge in [0.05, 0.1) is 13.7 Å². The molecule has 1 aliphatic heterocycles. The molecule has 1 aromatic rings. The number of benzene rings is 1. The predicted octanol–water partition coefficient (Wildman–Crippen LogP) is 3.59. The van der Waals surface area contributed by atoms with Crippen molar-refractivity contribution in [3.05, 3.63) is 29.8 Å². The molecule has 0 saturated heterocycles. The largest absolute Gasteiger partial charge is 0.497 e. The Balaban J connectivity index is 2.04. The van der Waals surface area contributed by atoms with Gasteiger partial charge in [-0.05, 0) is 24.6 Å². The van der Waals surface area contributed by atoms with Crippen molar-refractivity contribution >= 4 is 27.9 Å². The summed E-state index contributed by atoms with van der Waals surface area (Å²) in [6.07, 6.45) is 0. The molecule has 0 aliphatic carbocycles. The maximum atomic E-state index is 5.23. The summed E-state index contributed by atoms with van der Waals surface area (Å²) in [6, 6.07) is 8.25. The van der Waals surface area contributed by atoms with Gasteiger partial charge in [-0.25, -0.2) is 0 Å². The van der Waals surface area contributed by atoms with Crippen LogP contribution in [0.5, 0.6) is 5.75 Å². The fraction of sp³-hybridized carbons (Fsp3) is 0.417.